The smallest absolute Gasteiger partial charge is 0.221 e. The summed E-state index contributed by atoms with van der Waals surface area (Å²) in [6.07, 6.45) is 6.56. The van der Waals surface area contributed by atoms with Crippen molar-refractivity contribution in [1.29, 1.82) is 0 Å². The van der Waals surface area contributed by atoms with Gasteiger partial charge in [0, 0.05) is 24.3 Å². The lowest BCUT2D eigenvalue weighted by molar-refractivity contribution is -0.121. The Morgan fingerprint density at radius 2 is 2.20 bits per heavy atom. The van der Waals surface area contributed by atoms with E-state index in [0.29, 0.717) is 11.2 Å². The maximum Gasteiger partial charge on any atom is 0.221 e. The van der Waals surface area contributed by atoms with Crippen molar-refractivity contribution in [3.05, 3.63) is 0 Å². The lowest BCUT2D eigenvalue weighted by Crippen LogP contribution is -2.45. The minimum atomic E-state index is 0.177. The first-order valence-corrected chi connectivity index (χ1v) is 6.97. The summed E-state index contributed by atoms with van der Waals surface area (Å²) < 4.78 is 0.355. The van der Waals surface area contributed by atoms with E-state index in [1.807, 2.05) is 11.8 Å². The minimum Gasteiger partial charge on any atom is -0.355 e. The van der Waals surface area contributed by atoms with Crippen LogP contribution < -0.4 is 10.6 Å². The highest BCUT2D eigenvalue weighted by Crippen LogP contribution is 2.42. The Morgan fingerprint density at radius 3 is 2.67 bits per heavy atom. The highest BCUT2D eigenvalue weighted by Gasteiger charge is 2.36. The highest BCUT2D eigenvalue weighted by molar-refractivity contribution is 8.00. The van der Waals surface area contributed by atoms with Crippen LogP contribution in [0.25, 0.3) is 0 Å². The zero-order chi connectivity index (χ0) is 11.1. The fourth-order valence-electron chi connectivity index (χ4n) is 1.75. The normalized spacial score (nSPS) is 18.3. The van der Waals surface area contributed by atoms with Crippen LogP contribution in [0.5, 0.6) is 0 Å². The molecule has 0 aromatic carbocycles. The standard InChI is InChI=1S/C11H22N2OS/c1-3-12-8-5-10(14)13-9-11(15-2)6-4-7-11/h12H,3-9H2,1-2H3,(H,13,14). The Bertz CT molecular complexity index is 199. The first kappa shape index (κ1) is 12.8. The Kier molecular flexibility index (Phi) is 5.47. The second kappa shape index (κ2) is 6.38. The summed E-state index contributed by atoms with van der Waals surface area (Å²) in [6.45, 7) is 4.62. The van der Waals surface area contributed by atoms with Crippen LogP contribution in [0.2, 0.25) is 0 Å². The molecule has 1 aliphatic carbocycles. The molecule has 1 fully saturated rings. The number of nitrogens with one attached hydrogen (secondary N) is 2. The van der Waals surface area contributed by atoms with E-state index in [9.17, 15) is 4.79 Å². The molecule has 2 N–H and O–H groups in total. The zero-order valence-corrected chi connectivity index (χ0v) is 10.6. The maximum atomic E-state index is 11.5. The summed E-state index contributed by atoms with van der Waals surface area (Å²) in [5, 5.41) is 6.19. The van der Waals surface area contributed by atoms with Crippen LogP contribution in [0.3, 0.4) is 0 Å². The van der Waals surface area contributed by atoms with E-state index in [4.69, 9.17) is 0 Å². The maximum absolute atomic E-state index is 11.5. The van der Waals surface area contributed by atoms with Crippen molar-refractivity contribution < 1.29 is 4.79 Å². The molecule has 0 saturated heterocycles. The molecule has 0 atom stereocenters. The summed E-state index contributed by atoms with van der Waals surface area (Å²) in [4.78, 5) is 11.5. The Hall–Kier alpha value is -0.220. The van der Waals surface area contributed by atoms with Crippen molar-refractivity contribution in [1.82, 2.24) is 10.6 Å². The second-order valence-electron chi connectivity index (χ2n) is 4.12. The molecule has 0 unspecified atom stereocenters. The molecule has 1 aliphatic rings. The zero-order valence-electron chi connectivity index (χ0n) is 9.77. The van der Waals surface area contributed by atoms with Crippen molar-refractivity contribution in [2.45, 2.75) is 37.4 Å². The largest absolute Gasteiger partial charge is 0.355 e. The molecule has 88 valence electrons. The summed E-state index contributed by atoms with van der Waals surface area (Å²) in [5.74, 6) is 0.177. The summed E-state index contributed by atoms with van der Waals surface area (Å²) in [6, 6.07) is 0. The quantitative estimate of drug-likeness (QED) is 0.649. The summed E-state index contributed by atoms with van der Waals surface area (Å²) >= 11 is 1.90. The van der Waals surface area contributed by atoms with E-state index in [1.165, 1.54) is 19.3 Å². The first-order valence-electron chi connectivity index (χ1n) is 5.75. The fourth-order valence-corrected chi connectivity index (χ4v) is 2.66. The lowest BCUT2D eigenvalue weighted by Gasteiger charge is -2.40. The molecule has 0 spiro atoms. The number of thioether (sulfide) groups is 1. The van der Waals surface area contributed by atoms with E-state index in [-0.39, 0.29) is 5.91 Å². The van der Waals surface area contributed by atoms with E-state index >= 15 is 0 Å². The molecule has 0 aliphatic heterocycles. The SMILES string of the molecule is CCNCCC(=O)NCC1(SC)CCC1. The third-order valence-electron chi connectivity index (χ3n) is 3.08. The molecule has 1 rings (SSSR count). The van der Waals surface area contributed by atoms with Gasteiger partial charge in [0.2, 0.25) is 5.91 Å². The molecule has 0 aromatic rings. The fraction of sp³-hybridized carbons (Fsp3) is 0.909. The van der Waals surface area contributed by atoms with Gasteiger partial charge in [-0.15, -0.1) is 0 Å². The van der Waals surface area contributed by atoms with Crippen LogP contribution in [0.15, 0.2) is 0 Å². The van der Waals surface area contributed by atoms with Gasteiger partial charge in [0.1, 0.15) is 0 Å². The molecular formula is C11H22N2OS. The van der Waals surface area contributed by atoms with Gasteiger partial charge in [0.15, 0.2) is 0 Å². The Morgan fingerprint density at radius 1 is 1.47 bits per heavy atom. The molecule has 0 bridgehead atoms. The van der Waals surface area contributed by atoms with E-state index in [2.05, 4.69) is 23.8 Å². The van der Waals surface area contributed by atoms with Crippen LogP contribution >= 0.6 is 11.8 Å². The third kappa shape index (κ3) is 4.03. The molecule has 1 saturated carbocycles. The van der Waals surface area contributed by atoms with Gasteiger partial charge in [-0.2, -0.15) is 11.8 Å². The highest BCUT2D eigenvalue weighted by atomic mass is 32.2. The topological polar surface area (TPSA) is 41.1 Å². The number of rotatable bonds is 7. The van der Waals surface area contributed by atoms with Gasteiger partial charge in [-0.25, -0.2) is 0 Å². The predicted octanol–water partition coefficient (Wildman–Crippen LogP) is 1.39. The molecular weight excluding hydrogens is 208 g/mol. The molecule has 4 heteroatoms. The summed E-state index contributed by atoms with van der Waals surface area (Å²) in [5.41, 5.74) is 0. The van der Waals surface area contributed by atoms with Gasteiger partial charge in [-0.3, -0.25) is 4.79 Å². The van der Waals surface area contributed by atoms with Crippen LogP contribution in [-0.2, 0) is 4.79 Å². The molecule has 0 aromatic heterocycles. The number of carbonyl (C=O) groups is 1. The average Bonchev–Trinajstić information content (AvgIpc) is 2.17. The molecule has 0 radical (unpaired) electrons. The third-order valence-corrected chi connectivity index (χ3v) is 4.50. The van der Waals surface area contributed by atoms with E-state index < -0.39 is 0 Å². The molecule has 0 heterocycles. The average molecular weight is 230 g/mol. The summed E-state index contributed by atoms with van der Waals surface area (Å²) in [7, 11) is 0. The second-order valence-corrected chi connectivity index (χ2v) is 5.40. The predicted molar refractivity (Wildman–Crippen MR) is 66.3 cm³/mol. The van der Waals surface area contributed by atoms with Gasteiger partial charge in [0.25, 0.3) is 0 Å². The first-order chi connectivity index (χ1) is 7.22. The van der Waals surface area contributed by atoms with Crippen molar-refractivity contribution in [2.24, 2.45) is 0 Å². The Balaban J connectivity index is 2.10. The molecule has 1 amide bonds. The van der Waals surface area contributed by atoms with E-state index in [0.717, 1.165) is 19.6 Å². The van der Waals surface area contributed by atoms with E-state index in [1.54, 1.807) is 0 Å². The number of carbonyl (C=O) groups excluding carboxylic acids is 1. The van der Waals surface area contributed by atoms with Crippen LogP contribution in [0, 0.1) is 0 Å². The van der Waals surface area contributed by atoms with Gasteiger partial charge >= 0.3 is 0 Å². The van der Waals surface area contributed by atoms with Crippen LogP contribution in [-0.4, -0.2) is 36.5 Å². The van der Waals surface area contributed by atoms with Crippen LogP contribution in [0.1, 0.15) is 32.6 Å². The number of hydrogen-bond acceptors (Lipinski definition) is 3. The lowest BCUT2D eigenvalue weighted by atomic mass is 9.84. The van der Waals surface area contributed by atoms with Gasteiger partial charge in [-0.1, -0.05) is 13.3 Å². The van der Waals surface area contributed by atoms with Gasteiger partial charge < -0.3 is 10.6 Å². The van der Waals surface area contributed by atoms with Crippen molar-refractivity contribution >= 4 is 17.7 Å². The van der Waals surface area contributed by atoms with Crippen molar-refractivity contribution in [2.75, 3.05) is 25.9 Å². The molecule has 15 heavy (non-hydrogen) atoms. The van der Waals surface area contributed by atoms with Gasteiger partial charge in [0.05, 0.1) is 0 Å². The number of amides is 1. The minimum absolute atomic E-state index is 0.177. The Labute approximate surface area is 96.8 Å². The van der Waals surface area contributed by atoms with Crippen molar-refractivity contribution in [3.8, 4) is 0 Å². The van der Waals surface area contributed by atoms with Crippen LogP contribution in [0.4, 0.5) is 0 Å². The molecule has 3 nitrogen and oxygen atoms in total. The monoisotopic (exact) mass is 230 g/mol. The van der Waals surface area contributed by atoms with Crippen molar-refractivity contribution in [3.63, 3.8) is 0 Å². The van der Waals surface area contributed by atoms with Gasteiger partial charge in [-0.05, 0) is 25.6 Å². The number of hydrogen-bond donors (Lipinski definition) is 2.